The van der Waals surface area contributed by atoms with Crippen LogP contribution in [0.5, 0.6) is 0 Å². The van der Waals surface area contributed by atoms with Gasteiger partial charge in [-0.05, 0) is 0 Å². The van der Waals surface area contributed by atoms with E-state index in [1.165, 1.54) is 24.0 Å². The average molecular weight is 159 g/mol. The Morgan fingerprint density at radius 1 is 1.42 bits per heavy atom. The molecule has 2 heterocycles. The van der Waals surface area contributed by atoms with Gasteiger partial charge in [-0.3, -0.25) is 0 Å². The fourth-order valence-corrected chi connectivity index (χ4v) is 1.82. The van der Waals surface area contributed by atoms with Crippen LogP contribution < -0.4 is 0 Å². The van der Waals surface area contributed by atoms with Gasteiger partial charge in [0.15, 0.2) is 0 Å². The summed E-state index contributed by atoms with van der Waals surface area (Å²) in [5.74, 6) is 2.26. The molecule has 1 aromatic rings. The molecule has 0 aliphatic carbocycles. The van der Waals surface area contributed by atoms with E-state index in [9.17, 15) is 0 Å². The summed E-state index contributed by atoms with van der Waals surface area (Å²) >= 11 is 0. The van der Waals surface area contributed by atoms with Crippen LogP contribution in [0.3, 0.4) is 0 Å². The maximum absolute atomic E-state index is 2.37. The van der Waals surface area contributed by atoms with Gasteiger partial charge in [-0.2, -0.15) is 0 Å². The zero-order valence-corrected chi connectivity index (χ0v) is 7.80. The summed E-state index contributed by atoms with van der Waals surface area (Å²) in [6.45, 7) is 6.70. The van der Waals surface area contributed by atoms with Crippen molar-refractivity contribution in [2.24, 2.45) is 0 Å². The van der Waals surface area contributed by atoms with E-state index in [0.29, 0.717) is 0 Å². The minimum atomic E-state index is 1.12. The Kier molecular flexibility index (Phi) is 2.01. The van der Waals surface area contributed by atoms with Crippen LogP contribution in [0.2, 0.25) is 0 Å². The van der Waals surface area contributed by atoms with Crippen molar-refractivity contribution in [2.45, 2.75) is 19.9 Å². The summed E-state index contributed by atoms with van der Waals surface area (Å²) in [6.07, 6.45) is 1.22. The minimum absolute atomic E-state index is 1.12. The number of likely N-dealkylation sites (N-methyl/N-ethyl adjacent to an activating group) is 1. The van der Waals surface area contributed by atoms with Gasteiger partial charge in [0.05, 0.1) is 0 Å². The molecule has 0 atom stereocenters. The van der Waals surface area contributed by atoms with Crippen LogP contribution in [0, 0.1) is 6.92 Å². The topological polar surface area (TPSA) is 3.24 Å². The fraction of sp³-hybridized carbons (Fsp3) is 0.500. The van der Waals surface area contributed by atoms with Gasteiger partial charge in [0.25, 0.3) is 0 Å². The van der Waals surface area contributed by atoms with E-state index in [1.807, 2.05) is 0 Å². The van der Waals surface area contributed by atoms with Crippen molar-refractivity contribution in [1.29, 1.82) is 0 Å². The second kappa shape index (κ2) is 3.02. The van der Waals surface area contributed by atoms with Crippen LogP contribution in [-0.4, -0.2) is 25.4 Å². The van der Waals surface area contributed by atoms with Gasteiger partial charge in [0.2, 0.25) is 0 Å². The van der Waals surface area contributed by atoms with Gasteiger partial charge in [-0.1, -0.05) is 0 Å². The number of hydrogen-bond acceptors (Lipinski definition) is 1. The molecule has 0 N–H and O–H groups in total. The zero-order valence-electron chi connectivity index (χ0n) is 7.80. The van der Waals surface area contributed by atoms with E-state index in [1.54, 1.807) is 5.56 Å². The molecule has 12 heavy (non-hydrogen) atoms. The molecule has 0 saturated carbocycles. The Bertz CT molecular complexity index is 296. The van der Waals surface area contributed by atoms with Crippen molar-refractivity contribution < 1.29 is 0 Å². The van der Waals surface area contributed by atoms with Crippen LogP contribution in [0.1, 0.15) is 16.6 Å². The first-order valence-corrected chi connectivity index (χ1v) is 4.52. The van der Waals surface area contributed by atoms with Crippen LogP contribution in [-0.2, 0) is 13.0 Å². The van der Waals surface area contributed by atoms with Gasteiger partial charge >= 0.3 is 73.9 Å². The predicted octanol–water partition coefficient (Wildman–Crippen LogP) is 1.32. The van der Waals surface area contributed by atoms with Crippen molar-refractivity contribution in [3.8, 4) is 0 Å². The molecule has 62 valence electrons. The number of aryl methyl sites for hydroxylation is 1. The van der Waals surface area contributed by atoms with Gasteiger partial charge in [0, 0.05) is 0 Å². The summed E-state index contributed by atoms with van der Waals surface area (Å²) in [6, 6.07) is 2.32. The molecule has 0 spiro atoms. The van der Waals surface area contributed by atoms with E-state index < -0.39 is 0 Å². The molecule has 1 aliphatic rings. The number of hydrogen-bond donors (Lipinski definition) is 0. The third-order valence-electron chi connectivity index (χ3n) is 2.56. The third-order valence-corrected chi connectivity index (χ3v) is 2.56. The molecule has 0 amide bonds. The number of rotatable bonds is 0. The monoisotopic (exact) mass is 159 g/mol. The number of fused-ring (bicyclic) bond motifs is 1. The van der Waals surface area contributed by atoms with Gasteiger partial charge in [-0.25, -0.2) is 0 Å². The Hall–Kier alpha value is -0.625. The van der Waals surface area contributed by atoms with Crippen molar-refractivity contribution in [2.75, 3.05) is 13.6 Å². The van der Waals surface area contributed by atoms with Crippen LogP contribution in [0.15, 0.2) is 12.0 Å². The Labute approximate surface area is 74.6 Å². The summed E-state index contributed by atoms with van der Waals surface area (Å²) in [7, 11) is 2.18. The van der Waals surface area contributed by atoms with Crippen molar-refractivity contribution in [3.05, 3.63) is 28.6 Å². The van der Waals surface area contributed by atoms with Crippen LogP contribution in [0.25, 0.3) is 0 Å². The molecule has 0 fully saturated rings. The molecule has 1 aliphatic heterocycles. The normalized spacial score (nSPS) is 17.2. The van der Waals surface area contributed by atoms with E-state index >= 15 is 0 Å². The summed E-state index contributed by atoms with van der Waals surface area (Å²) < 4.78 is 0. The first kappa shape index (κ1) is 8.00. The van der Waals surface area contributed by atoms with Gasteiger partial charge in [-0.15, -0.1) is 0 Å². The summed E-state index contributed by atoms with van der Waals surface area (Å²) in [4.78, 5) is 2.37. The first-order valence-electron chi connectivity index (χ1n) is 4.52. The second-order valence-corrected chi connectivity index (χ2v) is 3.76. The molecule has 2 rings (SSSR count). The Morgan fingerprint density at radius 2 is 2.25 bits per heavy atom. The molecule has 1 aromatic heterocycles. The van der Waals surface area contributed by atoms with Crippen molar-refractivity contribution in [1.82, 2.24) is 4.90 Å². The Balaban J connectivity index is 2.37. The standard InChI is InChI=1S/C10H14BN/c1-8-5-9-3-4-12(2)7-10(9)6-11-8/h5-6H,3-4,7H2,1-2H3. The van der Waals surface area contributed by atoms with Gasteiger partial charge < -0.3 is 0 Å². The number of nitrogens with zero attached hydrogens (tertiary/aromatic N) is 1. The fourth-order valence-electron chi connectivity index (χ4n) is 1.82. The average Bonchev–Trinajstić information content (AvgIpc) is 2.05. The summed E-state index contributed by atoms with van der Waals surface area (Å²) in [5.41, 5.74) is 4.45. The maximum atomic E-state index is 2.37. The van der Waals surface area contributed by atoms with E-state index in [4.69, 9.17) is 0 Å². The van der Waals surface area contributed by atoms with E-state index in [0.717, 1.165) is 6.54 Å². The quantitative estimate of drug-likeness (QED) is 0.551. The van der Waals surface area contributed by atoms with E-state index in [-0.39, 0.29) is 0 Å². The second-order valence-electron chi connectivity index (χ2n) is 3.76. The molecule has 0 radical (unpaired) electrons. The van der Waals surface area contributed by atoms with Crippen molar-refractivity contribution in [3.63, 3.8) is 0 Å². The molecule has 0 aromatic carbocycles. The first-order chi connectivity index (χ1) is 5.75. The van der Waals surface area contributed by atoms with Crippen molar-refractivity contribution >= 4 is 6.91 Å². The predicted molar refractivity (Wildman–Crippen MR) is 52.6 cm³/mol. The molecular formula is C10H14BN. The zero-order chi connectivity index (χ0) is 8.55. The molecular weight excluding hydrogens is 145 g/mol. The Morgan fingerprint density at radius 3 is 3.08 bits per heavy atom. The molecule has 1 nitrogen and oxygen atoms in total. The summed E-state index contributed by atoms with van der Waals surface area (Å²) in [5, 5.41) is 0. The molecule has 2 heteroatoms. The molecule has 0 unspecified atom stereocenters. The van der Waals surface area contributed by atoms with Gasteiger partial charge in [0.1, 0.15) is 0 Å². The van der Waals surface area contributed by atoms with Crippen LogP contribution in [0.4, 0.5) is 0 Å². The third kappa shape index (κ3) is 1.44. The van der Waals surface area contributed by atoms with Crippen LogP contribution >= 0.6 is 0 Å². The molecule has 0 saturated heterocycles. The SMILES string of the molecule is Cc1bcc2c(c1)CCN(C)C2. The van der Waals surface area contributed by atoms with E-state index in [2.05, 4.69) is 37.8 Å². The molecule has 0 bridgehead atoms.